The summed E-state index contributed by atoms with van der Waals surface area (Å²) in [7, 11) is 0. The van der Waals surface area contributed by atoms with Gasteiger partial charge in [-0.1, -0.05) is 18.2 Å². The van der Waals surface area contributed by atoms with Crippen LogP contribution in [0.3, 0.4) is 0 Å². The average Bonchev–Trinajstić information content (AvgIpc) is 2.31. The molecule has 3 heteroatoms. The fraction of sp³-hybridized carbons (Fsp3) is 0.500. The van der Waals surface area contributed by atoms with E-state index in [0.29, 0.717) is 26.3 Å². The molecule has 0 aromatic carbocycles. The molecule has 2 atom stereocenters. The lowest BCUT2D eigenvalue weighted by Gasteiger charge is -2.41. The minimum atomic E-state index is -0.519. The van der Waals surface area contributed by atoms with Gasteiger partial charge in [-0.25, -0.2) is 0 Å². The van der Waals surface area contributed by atoms with Gasteiger partial charge in [-0.2, -0.15) is 0 Å². The second kappa shape index (κ2) is 6.56. The Morgan fingerprint density at radius 2 is 1.27 bits per heavy atom. The van der Waals surface area contributed by atoms with Gasteiger partial charge < -0.3 is 0 Å². The lowest BCUT2D eigenvalue weighted by molar-refractivity contribution is -0.0111. The van der Waals surface area contributed by atoms with Crippen molar-refractivity contribution in [3.63, 3.8) is 0 Å². The van der Waals surface area contributed by atoms with Crippen molar-refractivity contribution in [2.45, 2.75) is 0 Å². The molecule has 1 aliphatic heterocycles. The number of hydrogen-bond donors (Lipinski definition) is 0. The molecule has 0 amide bonds. The summed E-state index contributed by atoms with van der Waals surface area (Å²) in [5, 5.41) is 0. The van der Waals surface area contributed by atoms with Crippen LogP contribution in [0.2, 0.25) is 0 Å². The van der Waals surface area contributed by atoms with E-state index in [-0.39, 0.29) is 0 Å². The Morgan fingerprint density at radius 3 is 1.67 bits per heavy atom. The number of nitrogens with zero attached hydrogens (tertiary/aromatic N) is 3. The van der Waals surface area contributed by atoms with Crippen LogP contribution < -0.4 is 0 Å². The van der Waals surface area contributed by atoms with E-state index in [9.17, 15) is 0 Å². The first-order valence-electron chi connectivity index (χ1n) is 6.22. The molecule has 2 unspecified atom stereocenters. The van der Waals surface area contributed by atoms with Crippen LogP contribution >= 0.6 is 0 Å². The molecule has 1 heterocycles. The van der Waals surface area contributed by atoms with Gasteiger partial charge in [-0.15, -0.1) is 19.7 Å². The molecule has 0 saturated carbocycles. The largest absolute Gasteiger partial charge is 0.274 e. The van der Waals surface area contributed by atoms with Gasteiger partial charge >= 0.3 is 0 Å². The lowest BCUT2D eigenvalue weighted by Crippen LogP contribution is -2.54. The molecular weight excluding hydrogens is 186 g/mol. The molecule has 0 radical (unpaired) electrons. The third-order valence-electron chi connectivity index (χ3n) is 2.05. The van der Waals surface area contributed by atoms with Crippen LogP contribution in [0.4, 0.5) is 0 Å². The molecule has 1 aliphatic rings. The maximum Gasteiger partial charge on any atom is 0.0603 e. The van der Waals surface area contributed by atoms with Crippen molar-refractivity contribution in [1.29, 1.82) is 0 Å². The fourth-order valence-corrected chi connectivity index (χ4v) is 1.54. The molecule has 0 N–H and O–H groups in total. The van der Waals surface area contributed by atoms with Crippen LogP contribution in [0, 0.1) is 0 Å². The summed E-state index contributed by atoms with van der Waals surface area (Å²) < 4.78 is 16.3. The number of rotatable bonds is 6. The van der Waals surface area contributed by atoms with Crippen LogP contribution in [-0.4, -0.2) is 54.3 Å². The van der Waals surface area contributed by atoms with Crippen LogP contribution in [0.25, 0.3) is 0 Å². The second-order valence-electron chi connectivity index (χ2n) is 3.48. The minimum absolute atomic E-state index is 0.519. The Balaban J connectivity index is 2.81. The van der Waals surface area contributed by atoms with Crippen molar-refractivity contribution in [1.82, 2.24) is 14.7 Å². The molecule has 3 nitrogen and oxygen atoms in total. The molecule has 1 rings (SSSR count). The molecule has 1 fully saturated rings. The van der Waals surface area contributed by atoms with E-state index in [1.165, 1.54) is 0 Å². The Bertz CT molecular complexity index is 261. The zero-order chi connectivity index (χ0) is 12.8. The first-order valence-corrected chi connectivity index (χ1v) is 5.06. The smallest absolute Gasteiger partial charge is 0.0603 e. The van der Waals surface area contributed by atoms with Gasteiger partial charge in [0.05, 0.1) is 22.7 Å². The lowest BCUT2D eigenvalue weighted by atomic mass is 10.4. The maximum atomic E-state index is 8.13. The van der Waals surface area contributed by atoms with E-state index in [1.54, 1.807) is 23.1 Å². The molecule has 1 saturated heterocycles. The van der Waals surface area contributed by atoms with Gasteiger partial charge in [0.25, 0.3) is 0 Å². The molecule has 84 valence electrons. The van der Waals surface area contributed by atoms with Crippen LogP contribution in [-0.2, 0) is 0 Å². The van der Waals surface area contributed by atoms with Crippen molar-refractivity contribution in [3.8, 4) is 0 Å². The van der Waals surface area contributed by atoms with Crippen molar-refractivity contribution in [3.05, 3.63) is 38.0 Å². The van der Waals surface area contributed by atoms with Gasteiger partial charge in [0.2, 0.25) is 0 Å². The highest BCUT2D eigenvalue weighted by molar-refractivity contribution is 4.82. The van der Waals surface area contributed by atoms with Gasteiger partial charge in [-0.3, -0.25) is 14.7 Å². The van der Waals surface area contributed by atoms with Crippen molar-refractivity contribution < 1.29 is 2.74 Å². The fourth-order valence-electron chi connectivity index (χ4n) is 1.54. The highest BCUT2D eigenvalue weighted by atomic mass is 15.5. The molecule has 15 heavy (non-hydrogen) atoms. The van der Waals surface area contributed by atoms with Crippen LogP contribution in [0.15, 0.2) is 38.0 Å². The standard InChI is InChI=1S/C12H21N3/c1-4-7-13-10-14(8-5-2)12-15(11-13)9-6-3/h4-6H,1-3,7-12H2/i10D,11D. The number of hydrogen-bond acceptors (Lipinski definition) is 3. The first-order chi connectivity index (χ1) is 8.15. The summed E-state index contributed by atoms with van der Waals surface area (Å²) in [5.41, 5.74) is 0. The van der Waals surface area contributed by atoms with E-state index in [2.05, 4.69) is 19.7 Å². The summed E-state index contributed by atoms with van der Waals surface area (Å²) in [4.78, 5) is 5.67. The molecule has 0 aromatic rings. The zero-order valence-corrected chi connectivity index (χ0v) is 9.18. The monoisotopic (exact) mass is 209 g/mol. The zero-order valence-electron chi connectivity index (χ0n) is 11.2. The summed E-state index contributed by atoms with van der Waals surface area (Å²) in [5.74, 6) is 0. The molecule has 0 aliphatic carbocycles. The van der Waals surface area contributed by atoms with E-state index in [0.717, 1.165) is 0 Å². The molecular formula is C12H21N3. The van der Waals surface area contributed by atoms with E-state index in [4.69, 9.17) is 2.74 Å². The second-order valence-corrected chi connectivity index (χ2v) is 3.48. The quantitative estimate of drug-likeness (QED) is 0.611. The van der Waals surface area contributed by atoms with E-state index >= 15 is 0 Å². The Morgan fingerprint density at radius 1 is 0.867 bits per heavy atom. The van der Waals surface area contributed by atoms with Gasteiger partial charge in [0, 0.05) is 19.6 Å². The van der Waals surface area contributed by atoms with Gasteiger partial charge in [0.1, 0.15) is 0 Å². The van der Waals surface area contributed by atoms with Crippen LogP contribution in [0.1, 0.15) is 2.74 Å². The molecule has 0 bridgehead atoms. The van der Waals surface area contributed by atoms with E-state index in [1.807, 2.05) is 9.80 Å². The summed E-state index contributed by atoms with van der Waals surface area (Å²) in [6.07, 6.45) is 5.29. The van der Waals surface area contributed by atoms with Crippen molar-refractivity contribution in [2.24, 2.45) is 0 Å². The minimum Gasteiger partial charge on any atom is -0.274 e. The Hall–Kier alpha value is -0.900. The van der Waals surface area contributed by atoms with Gasteiger partial charge in [0.15, 0.2) is 0 Å². The Kier molecular flexibility index (Phi) is 4.08. The van der Waals surface area contributed by atoms with Crippen molar-refractivity contribution >= 4 is 0 Å². The van der Waals surface area contributed by atoms with E-state index < -0.39 is 13.3 Å². The predicted octanol–water partition coefficient (Wildman–Crippen LogP) is 1.34. The highest BCUT2D eigenvalue weighted by Crippen LogP contribution is 2.07. The SMILES string of the molecule is [2H]C1N(CC=C)CN(CC=C)C([2H])N1CC=C. The summed E-state index contributed by atoms with van der Waals surface area (Å²) >= 11 is 0. The molecule has 0 spiro atoms. The van der Waals surface area contributed by atoms with Gasteiger partial charge in [-0.05, 0) is 0 Å². The third-order valence-corrected chi connectivity index (χ3v) is 2.05. The summed E-state index contributed by atoms with van der Waals surface area (Å²) in [6.45, 7) is 12.4. The van der Waals surface area contributed by atoms with Crippen molar-refractivity contribution in [2.75, 3.05) is 39.6 Å². The van der Waals surface area contributed by atoms with Crippen LogP contribution in [0.5, 0.6) is 0 Å². The highest BCUT2D eigenvalue weighted by Gasteiger charge is 2.20. The summed E-state index contributed by atoms with van der Waals surface area (Å²) in [6, 6.07) is 0. The predicted molar refractivity (Wildman–Crippen MR) is 65.3 cm³/mol. The third kappa shape index (κ3) is 4.00. The maximum absolute atomic E-state index is 8.13. The Labute approximate surface area is 95.8 Å². The average molecular weight is 209 g/mol. The first kappa shape index (κ1) is 9.33. The topological polar surface area (TPSA) is 9.72 Å². The molecule has 0 aromatic heterocycles. The normalized spacial score (nSPS) is 31.7.